The molecule has 10 heteroatoms. The van der Waals surface area contributed by atoms with Gasteiger partial charge < -0.3 is 20.1 Å². The van der Waals surface area contributed by atoms with Gasteiger partial charge in [0.2, 0.25) is 0 Å². The number of carbonyl (C=O) groups is 1. The van der Waals surface area contributed by atoms with Gasteiger partial charge in [-0.3, -0.25) is 4.57 Å². The van der Waals surface area contributed by atoms with Crippen molar-refractivity contribution in [1.29, 1.82) is 0 Å². The lowest BCUT2D eigenvalue weighted by Gasteiger charge is -2.13. The summed E-state index contributed by atoms with van der Waals surface area (Å²) in [6, 6.07) is 19.0. The zero-order chi connectivity index (χ0) is 25.5. The van der Waals surface area contributed by atoms with Crippen LogP contribution in [0.25, 0.3) is 5.69 Å². The van der Waals surface area contributed by atoms with E-state index in [0.29, 0.717) is 33.9 Å². The first-order valence-electron chi connectivity index (χ1n) is 11.1. The Kier molecular flexibility index (Phi) is 8.06. The number of aryl methyl sites for hydroxylation is 1. The average molecular weight is 508 g/mol. The van der Waals surface area contributed by atoms with Crippen molar-refractivity contribution in [3.05, 3.63) is 89.5 Å². The van der Waals surface area contributed by atoms with Crippen LogP contribution in [0.2, 0.25) is 0 Å². The summed E-state index contributed by atoms with van der Waals surface area (Å²) >= 11 is 1.48. The normalized spacial score (nSPS) is 10.7. The van der Waals surface area contributed by atoms with Gasteiger partial charge in [-0.05, 0) is 36.8 Å². The smallest absolute Gasteiger partial charge is 0.319 e. The fourth-order valence-electron chi connectivity index (χ4n) is 3.40. The second-order valence-electron chi connectivity index (χ2n) is 7.89. The van der Waals surface area contributed by atoms with Crippen molar-refractivity contribution in [3.63, 3.8) is 0 Å². The van der Waals surface area contributed by atoms with Crippen molar-refractivity contribution in [2.24, 2.45) is 0 Å². The second kappa shape index (κ2) is 11.6. The molecule has 36 heavy (non-hydrogen) atoms. The van der Waals surface area contributed by atoms with Crippen LogP contribution in [0.3, 0.4) is 0 Å². The van der Waals surface area contributed by atoms with Crippen molar-refractivity contribution in [3.8, 4) is 17.2 Å². The minimum atomic E-state index is -0.413. The molecule has 0 spiro atoms. The third-order valence-corrected chi connectivity index (χ3v) is 6.29. The highest BCUT2D eigenvalue weighted by atomic mass is 32.2. The number of rotatable bonds is 9. The zero-order valence-corrected chi connectivity index (χ0v) is 20.9. The van der Waals surface area contributed by atoms with E-state index in [2.05, 4.69) is 20.8 Å². The zero-order valence-electron chi connectivity index (χ0n) is 20.1. The van der Waals surface area contributed by atoms with E-state index in [1.54, 1.807) is 44.6 Å². The van der Waals surface area contributed by atoms with Crippen LogP contribution in [0, 0.1) is 12.7 Å². The Hall–Kier alpha value is -4.05. The van der Waals surface area contributed by atoms with Gasteiger partial charge in [0, 0.05) is 35.3 Å². The first kappa shape index (κ1) is 25.1. The van der Waals surface area contributed by atoms with E-state index in [1.165, 1.54) is 23.9 Å². The summed E-state index contributed by atoms with van der Waals surface area (Å²) in [5.74, 6) is 2.01. The summed E-state index contributed by atoms with van der Waals surface area (Å²) in [7, 11) is 3.09. The van der Waals surface area contributed by atoms with E-state index in [-0.39, 0.29) is 12.4 Å². The van der Waals surface area contributed by atoms with Crippen molar-refractivity contribution in [1.82, 2.24) is 20.1 Å². The van der Waals surface area contributed by atoms with E-state index in [4.69, 9.17) is 9.47 Å². The van der Waals surface area contributed by atoms with Gasteiger partial charge in [0.1, 0.15) is 17.3 Å². The van der Waals surface area contributed by atoms with Gasteiger partial charge in [-0.1, -0.05) is 41.6 Å². The molecular weight excluding hydrogens is 481 g/mol. The maximum Gasteiger partial charge on any atom is 0.319 e. The van der Waals surface area contributed by atoms with Crippen LogP contribution in [0.4, 0.5) is 14.9 Å². The molecule has 0 bridgehead atoms. The summed E-state index contributed by atoms with van der Waals surface area (Å²) in [6.07, 6.45) is 0. The fraction of sp³-hybridized carbons (Fsp3) is 0.192. The van der Waals surface area contributed by atoms with E-state index in [9.17, 15) is 9.18 Å². The maximum absolute atomic E-state index is 13.2. The van der Waals surface area contributed by atoms with Gasteiger partial charge in [0.25, 0.3) is 0 Å². The van der Waals surface area contributed by atoms with Gasteiger partial charge in [-0.2, -0.15) is 0 Å². The van der Waals surface area contributed by atoms with Crippen LogP contribution in [0.1, 0.15) is 17.0 Å². The molecule has 4 rings (SSSR count). The quantitative estimate of drug-likeness (QED) is 0.297. The molecule has 0 aliphatic carbocycles. The maximum atomic E-state index is 13.2. The number of hydrogen-bond acceptors (Lipinski definition) is 6. The Morgan fingerprint density at radius 2 is 1.64 bits per heavy atom. The molecule has 0 aliphatic heterocycles. The summed E-state index contributed by atoms with van der Waals surface area (Å²) < 4.78 is 25.7. The van der Waals surface area contributed by atoms with E-state index < -0.39 is 6.03 Å². The molecule has 0 aliphatic rings. The highest BCUT2D eigenvalue weighted by Gasteiger charge is 2.16. The fourth-order valence-corrected chi connectivity index (χ4v) is 4.33. The molecule has 0 fully saturated rings. The molecule has 186 valence electrons. The number of methoxy groups -OCH3 is 2. The van der Waals surface area contributed by atoms with Crippen LogP contribution >= 0.6 is 11.8 Å². The van der Waals surface area contributed by atoms with Crippen molar-refractivity contribution < 1.29 is 18.7 Å². The molecule has 4 aromatic rings. The predicted octanol–water partition coefficient (Wildman–Crippen LogP) is 5.35. The third-order valence-electron chi connectivity index (χ3n) is 5.29. The molecule has 0 saturated heterocycles. The highest BCUT2D eigenvalue weighted by Crippen LogP contribution is 2.27. The molecule has 1 heterocycles. The Morgan fingerprint density at radius 3 is 2.28 bits per heavy atom. The molecule has 8 nitrogen and oxygen atoms in total. The Morgan fingerprint density at radius 1 is 0.972 bits per heavy atom. The summed E-state index contributed by atoms with van der Waals surface area (Å²) in [4.78, 5) is 12.6. The first-order chi connectivity index (χ1) is 17.4. The van der Waals surface area contributed by atoms with Crippen LogP contribution in [0.15, 0.2) is 71.9 Å². The second-order valence-corrected chi connectivity index (χ2v) is 8.84. The van der Waals surface area contributed by atoms with Crippen molar-refractivity contribution in [2.45, 2.75) is 24.4 Å². The largest absolute Gasteiger partial charge is 0.497 e. The van der Waals surface area contributed by atoms with E-state index >= 15 is 0 Å². The molecule has 2 N–H and O–H groups in total. The Balaban J connectivity index is 1.50. The average Bonchev–Trinajstić information content (AvgIpc) is 3.30. The number of aromatic nitrogens is 3. The molecule has 0 saturated carbocycles. The van der Waals surface area contributed by atoms with Gasteiger partial charge in [0.05, 0.1) is 20.8 Å². The first-order valence-corrected chi connectivity index (χ1v) is 12.1. The summed E-state index contributed by atoms with van der Waals surface area (Å²) in [5.41, 5.74) is 3.49. The topological polar surface area (TPSA) is 90.3 Å². The number of benzene rings is 3. The van der Waals surface area contributed by atoms with Crippen molar-refractivity contribution in [2.75, 3.05) is 19.5 Å². The van der Waals surface area contributed by atoms with Crippen LogP contribution in [0.5, 0.6) is 11.5 Å². The van der Waals surface area contributed by atoms with E-state index in [0.717, 1.165) is 16.8 Å². The van der Waals surface area contributed by atoms with Crippen LogP contribution in [-0.4, -0.2) is 35.0 Å². The Bertz CT molecular complexity index is 1300. The molecular formula is C26H26FN5O3S. The minimum absolute atomic E-state index is 0.144. The number of hydrogen-bond donors (Lipinski definition) is 2. The molecule has 3 aromatic carbocycles. The van der Waals surface area contributed by atoms with Crippen molar-refractivity contribution >= 4 is 23.5 Å². The minimum Gasteiger partial charge on any atom is -0.497 e. The number of amides is 2. The van der Waals surface area contributed by atoms with Crippen LogP contribution < -0.4 is 20.1 Å². The highest BCUT2D eigenvalue weighted by molar-refractivity contribution is 7.98. The number of carbonyl (C=O) groups excluding carboxylic acids is 1. The Labute approximate surface area is 212 Å². The van der Waals surface area contributed by atoms with Gasteiger partial charge >= 0.3 is 6.03 Å². The number of ether oxygens (including phenoxy) is 2. The lowest BCUT2D eigenvalue weighted by atomic mass is 10.2. The standard InChI is InChI=1S/C26H26FN5O3S/c1-17-4-10-21(11-5-17)32-24(30-31-26(32)36-16-18-6-8-19(27)9-7-18)15-28-25(33)29-20-12-22(34-2)14-23(13-20)35-3/h4-14H,15-16H2,1-3H3,(H2,28,29,33). The lowest BCUT2D eigenvalue weighted by Crippen LogP contribution is -2.29. The molecule has 1 aromatic heterocycles. The van der Waals surface area contributed by atoms with Crippen LogP contribution in [-0.2, 0) is 12.3 Å². The van der Waals surface area contributed by atoms with Gasteiger partial charge in [-0.15, -0.1) is 10.2 Å². The molecule has 2 amide bonds. The number of anilines is 1. The van der Waals surface area contributed by atoms with Gasteiger partial charge in [0.15, 0.2) is 11.0 Å². The summed E-state index contributed by atoms with van der Waals surface area (Å²) in [5, 5.41) is 15.0. The SMILES string of the molecule is COc1cc(NC(=O)NCc2nnc(SCc3ccc(F)cc3)n2-c2ccc(C)cc2)cc(OC)c1. The number of nitrogens with zero attached hydrogens (tertiary/aromatic N) is 3. The number of urea groups is 1. The number of nitrogens with one attached hydrogen (secondary N) is 2. The third kappa shape index (κ3) is 6.33. The predicted molar refractivity (Wildman–Crippen MR) is 137 cm³/mol. The molecule has 0 radical (unpaired) electrons. The lowest BCUT2D eigenvalue weighted by molar-refractivity contribution is 0.251. The summed E-state index contributed by atoms with van der Waals surface area (Å²) in [6.45, 7) is 2.16. The monoisotopic (exact) mass is 507 g/mol. The molecule has 0 atom stereocenters. The van der Waals surface area contributed by atoms with Gasteiger partial charge in [-0.25, -0.2) is 9.18 Å². The molecule has 0 unspecified atom stereocenters. The number of halogens is 1. The van der Waals surface area contributed by atoms with E-state index in [1.807, 2.05) is 35.8 Å². The number of thioether (sulfide) groups is 1.